The summed E-state index contributed by atoms with van der Waals surface area (Å²) >= 11 is 0. The van der Waals surface area contributed by atoms with E-state index in [1.54, 1.807) is 0 Å². The predicted octanol–water partition coefficient (Wildman–Crippen LogP) is 3.36. The number of hydrogen-bond donors (Lipinski definition) is 1. The molecule has 0 bridgehead atoms. The summed E-state index contributed by atoms with van der Waals surface area (Å²) in [6.45, 7) is 8.62. The van der Waals surface area contributed by atoms with E-state index in [2.05, 4.69) is 45.9 Å². The first-order chi connectivity index (χ1) is 6.93. The van der Waals surface area contributed by atoms with Gasteiger partial charge in [-0.1, -0.05) is 42.7 Å². The largest absolute Gasteiger partial charge is 0.325 e. The van der Waals surface area contributed by atoms with E-state index in [1.807, 2.05) is 0 Å². The fraction of sp³-hybridized carbons (Fsp3) is 0.571. The van der Waals surface area contributed by atoms with Gasteiger partial charge in [0.15, 0.2) is 0 Å². The lowest BCUT2D eigenvalue weighted by Gasteiger charge is -2.24. The van der Waals surface area contributed by atoms with Gasteiger partial charge in [0.1, 0.15) is 0 Å². The van der Waals surface area contributed by atoms with Crippen LogP contribution in [0.4, 0.5) is 0 Å². The van der Waals surface area contributed by atoms with Crippen molar-refractivity contribution in [3.05, 3.63) is 34.9 Å². The summed E-state index contributed by atoms with van der Waals surface area (Å²) in [6, 6.07) is 6.69. The smallest absolute Gasteiger partial charge is 0.0166 e. The quantitative estimate of drug-likeness (QED) is 0.801. The molecule has 0 aliphatic heterocycles. The molecule has 0 spiro atoms. The van der Waals surface area contributed by atoms with E-state index in [4.69, 9.17) is 5.73 Å². The van der Waals surface area contributed by atoms with Crippen LogP contribution < -0.4 is 5.73 Å². The van der Waals surface area contributed by atoms with Gasteiger partial charge in [-0.15, -0.1) is 0 Å². The van der Waals surface area contributed by atoms with Crippen molar-refractivity contribution in [2.24, 2.45) is 5.73 Å². The van der Waals surface area contributed by atoms with Crippen molar-refractivity contribution in [3.8, 4) is 0 Å². The average molecular weight is 205 g/mol. The minimum absolute atomic E-state index is 0.0605. The Hall–Kier alpha value is -0.820. The molecule has 2 N–H and O–H groups in total. The minimum Gasteiger partial charge on any atom is -0.325 e. The fourth-order valence-corrected chi connectivity index (χ4v) is 2.30. The highest BCUT2D eigenvalue weighted by Gasteiger charge is 2.17. The van der Waals surface area contributed by atoms with E-state index in [1.165, 1.54) is 16.7 Å². The third-order valence-corrected chi connectivity index (χ3v) is 2.71. The Morgan fingerprint density at radius 2 is 1.67 bits per heavy atom. The summed E-state index contributed by atoms with van der Waals surface area (Å²) in [5.74, 6) is 0. The molecule has 0 aliphatic carbocycles. The minimum atomic E-state index is -0.0605. The topological polar surface area (TPSA) is 26.0 Å². The highest BCUT2D eigenvalue weighted by atomic mass is 14.7. The number of hydrogen-bond acceptors (Lipinski definition) is 1. The Bertz CT molecular complexity index is 306. The van der Waals surface area contributed by atoms with Gasteiger partial charge in [0, 0.05) is 5.54 Å². The van der Waals surface area contributed by atoms with E-state index in [9.17, 15) is 0 Å². The summed E-state index contributed by atoms with van der Waals surface area (Å²) in [6.07, 6.45) is 3.21. The summed E-state index contributed by atoms with van der Waals surface area (Å²) in [7, 11) is 0. The molecule has 1 aromatic rings. The first kappa shape index (κ1) is 12.3. The van der Waals surface area contributed by atoms with Crippen LogP contribution in [0, 0.1) is 13.8 Å². The molecule has 1 atom stereocenters. The normalized spacial score (nSPS) is 15.0. The van der Waals surface area contributed by atoms with E-state index in [-0.39, 0.29) is 5.54 Å². The first-order valence-corrected chi connectivity index (χ1v) is 5.79. The highest BCUT2D eigenvalue weighted by molar-refractivity contribution is 5.29. The molecule has 0 aromatic heterocycles. The van der Waals surface area contributed by atoms with Gasteiger partial charge in [0.25, 0.3) is 0 Å². The lowest BCUT2D eigenvalue weighted by Crippen LogP contribution is -2.38. The van der Waals surface area contributed by atoms with Gasteiger partial charge >= 0.3 is 0 Å². The second kappa shape index (κ2) is 4.80. The van der Waals surface area contributed by atoms with Gasteiger partial charge in [0.05, 0.1) is 0 Å². The molecular weight excluding hydrogens is 182 g/mol. The SMILES string of the molecule is CCCC(C)(N)Cc1cc(C)cc(C)c1. The van der Waals surface area contributed by atoms with Crippen molar-refractivity contribution < 1.29 is 0 Å². The average Bonchev–Trinajstić information content (AvgIpc) is 1.99. The van der Waals surface area contributed by atoms with E-state index >= 15 is 0 Å². The molecule has 0 heterocycles. The summed E-state index contributed by atoms with van der Waals surface area (Å²) in [5, 5.41) is 0. The molecule has 1 nitrogen and oxygen atoms in total. The number of benzene rings is 1. The number of aryl methyl sites for hydroxylation is 2. The molecule has 0 saturated heterocycles. The van der Waals surface area contributed by atoms with Gasteiger partial charge in [0.2, 0.25) is 0 Å². The van der Waals surface area contributed by atoms with E-state index in [0.29, 0.717) is 0 Å². The van der Waals surface area contributed by atoms with Crippen LogP contribution >= 0.6 is 0 Å². The molecule has 0 fully saturated rings. The molecule has 1 rings (SSSR count). The third-order valence-electron chi connectivity index (χ3n) is 2.71. The van der Waals surface area contributed by atoms with E-state index < -0.39 is 0 Å². The maximum Gasteiger partial charge on any atom is 0.0166 e. The molecule has 1 aromatic carbocycles. The third kappa shape index (κ3) is 4.05. The van der Waals surface area contributed by atoms with Crippen LogP contribution in [0.15, 0.2) is 18.2 Å². The van der Waals surface area contributed by atoms with Gasteiger partial charge in [-0.25, -0.2) is 0 Å². The lowest BCUT2D eigenvalue weighted by molar-refractivity contribution is 0.424. The van der Waals surface area contributed by atoms with Gasteiger partial charge in [-0.3, -0.25) is 0 Å². The Labute approximate surface area is 93.7 Å². The monoisotopic (exact) mass is 205 g/mol. The predicted molar refractivity (Wildman–Crippen MR) is 67.1 cm³/mol. The summed E-state index contributed by atoms with van der Waals surface area (Å²) in [4.78, 5) is 0. The zero-order valence-corrected chi connectivity index (χ0v) is 10.4. The second-order valence-electron chi connectivity index (χ2n) is 5.08. The van der Waals surface area contributed by atoms with Gasteiger partial charge in [-0.2, -0.15) is 0 Å². The highest BCUT2D eigenvalue weighted by Crippen LogP contribution is 2.18. The maximum absolute atomic E-state index is 6.26. The molecule has 0 radical (unpaired) electrons. The van der Waals surface area contributed by atoms with Crippen molar-refractivity contribution in [3.63, 3.8) is 0 Å². The lowest BCUT2D eigenvalue weighted by atomic mass is 9.88. The molecule has 0 amide bonds. The molecule has 0 saturated carbocycles. The van der Waals surface area contributed by atoms with Crippen LogP contribution in [0.5, 0.6) is 0 Å². The van der Waals surface area contributed by atoms with Crippen LogP contribution in [-0.2, 0) is 6.42 Å². The zero-order valence-electron chi connectivity index (χ0n) is 10.4. The van der Waals surface area contributed by atoms with Crippen molar-refractivity contribution in [2.75, 3.05) is 0 Å². The van der Waals surface area contributed by atoms with Gasteiger partial charge in [-0.05, 0) is 39.2 Å². The maximum atomic E-state index is 6.26. The standard InChI is InChI=1S/C14H23N/c1-5-6-14(4,15)10-13-8-11(2)7-12(3)9-13/h7-9H,5-6,10,15H2,1-4H3. The Morgan fingerprint density at radius 1 is 1.13 bits per heavy atom. The van der Waals surface area contributed by atoms with Crippen LogP contribution in [-0.4, -0.2) is 5.54 Å². The molecular formula is C14H23N. The Morgan fingerprint density at radius 3 is 2.13 bits per heavy atom. The summed E-state index contributed by atoms with van der Waals surface area (Å²) in [5.41, 5.74) is 10.2. The molecule has 1 heteroatoms. The van der Waals surface area contributed by atoms with E-state index in [0.717, 1.165) is 19.3 Å². The molecule has 0 aliphatic rings. The number of nitrogens with two attached hydrogens (primary N) is 1. The van der Waals surface area contributed by atoms with Crippen LogP contribution in [0.1, 0.15) is 43.4 Å². The Balaban J connectivity index is 2.80. The van der Waals surface area contributed by atoms with Gasteiger partial charge < -0.3 is 5.73 Å². The fourth-order valence-electron chi connectivity index (χ4n) is 2.30. The molecule has 84 valence electrons. The second-order valence-corrected chi connectivity index (χ2v) is 5.08. The molecule has 1 unspecified atom stereocenters. The van der Waals surface area contributed by atoms with Crippen LogP contribution in [0.3, 0.4) is 0 Å². The molecule has 15 heavy (non-hydrogen) atoms. The number of rotatable bonds is 4. The van der Waals surface area contributed by atoms with Crippen molar-refractivity contribution in [2.45, 2.75) is 52.5 Å². The first-order valence-electron chi connectivity index (χ1n) is 5.79. The zero-order chi connectivity index (χ0) is 11.5. The summed E-state index contributed by atoms with van der Waals surface area (Å²) < 4.78 is 0. The van der Waals surface area contributed by atoms with Crippen molar-refractivity contribution in [1.29, 1.82) is 0 Å². The Kier molecular flexibility index (Phi) is 3.92. The van der Waals surface area contributed by atoms with Crippen molar-refractivity contribution >= 4 is 0 Å². The van der Waals surface area contributed by atoms with Crippen LogP contribution in [0.25, 0.3) is 0 Å². The van der Waals surface area contributed by atoms with Crippen molar-refractivity contribution in [1.82, 2.24) is 0 Å². The van der Waals surface area contributed by atoms with Crippen LogP contribution in [0.2, 0.25) is 0 Å².